The van der Waals surface area contributed by atoms with E-state index in [4.69, 9.17) is 4.74 Å². The van der Waals surface area contributed by atoms with Crippen molar-refractivity contribution in [3.05, 3.63) is 18.3 Å². The average Bonchev–Trinajstić information content (AvgIpc) is 2.48. The second kappa shape index (κ2) is 6.51. The van der Waals surface area contributed by atoms with Crippen LogP contribution in [-0.2, 0) is 14.8 Å². The van der Waals surface area contributed by atoms with Gasteiger partial charge in [-0.2, -0.15) is 4.31 Å². The maximum Gasteiger partial charge on any atom is 0.246 e. The Bertz CT molecular complexity index is 546. The molecule has 6 nitrogen and oxygen atoms in total. The molecule has 1 N–H and O–H groups in total. The Morgan fingerprint density at radius 1 is 1.55 bits per heavy atom. The molecule has 2 rings (SSSR count). The zero-order valence-corrected chi connectivity index (χ0v) is 12.7. The van der Waals surface area contributed by atoms with Crippen molar-refractivity contribution >= 4 is 15.8 Å². The summed E-state index contributed by atoms with van der Waals surface area (Å²) in [5.74, 6) is 0.652. The highest BCUT2D eigenvalue weighted by Crippen LogP contribution is 2.26. The van der Waals surface area contributed by atoms with Crippen LogP contribution >= 0.6 is 0 Å². The van der Waals surface area contributed by atoms with E-state index in [1.54, 1.807) is 32.5 Å². The van der Waals surface area contributed by atoms with Gasteiger partial charge in [-0.1, -0.05) is 0 Å². The summed E-state index contributed by atoms with van der Waals surface area (Å²) >= 11 is 0. The van der Waals surface area contributed by atoms with E-state index in [1.165, 1.54) is 4.31 Å². The summed E-state index contributed by atoms with van der Waals surface area (Å²) in [5.41, 5.74) is 0. The molecular formula is C13H21N3O3S. The Morgan fingerprint density at radius 2 is 2.35 bits per heavy atom. The summed E-state index contributed by atoms with van der Waals surface area (Å²) in [6.07, 6.45) is 3.45. The Balaban J connectivity index is 2.25. The standard InChI is InChI=1S/C13H21N3O3S/c1-14-13-12(6-3-7-15-13)20(17,18)16-8-4-5-11(9-16)10-19-2/h3,6-7,11H,4-5,8-10H2,1-2H3,(H,14,15). The molecule has 1 aliphatic rings. The largest absolute Gasteiger partial charge is 0.384 e. The van der Waals surface area contributed by atoms with Crippen molar-refractivity contribution in [2.45, 2.75) is 17.7 Å². The SMILES string of the molecule is CNc1ncccc1S(=O)(=O)N1CCCC(COC)C1. The van der Waals surface area contributed by atoms with E-state index < -0.39 is 10.0 Å². The van der Waals surface area contributed by atoms with Crippen LogP contribution in [-0.4, -0.2) is 51.6 Å². The Kier molecular flexibility index (Phi) is 4.95. The molecule has 1 aliphatic heterocycles. The topological polar surface area (TPSA) is 71.5 Å². The minimum absolute atomic E-state index is 0.237. The highest BCUT2D eigenvalue weighted by molar-refractivity contribution is 7.89. The van der Waals surface area contributed by atoms with E-state index >= 15 is 0 Å². The third kappa shape index (κ3) is 3.11. The van der Waals surface area contributed by atoms with Gasteiger partial charge in [-0.3, -0.25) is 0 Å². The van der Waals surface area contributed by atoms with Crippen molar-refractivity contribution in [1.82, 2.24) is 9.29 Å². The van der Waals surface area contributed by atoms with Gasteiger partial charge in [-0.15, -0.1) is 0 Å². The van der Waals surface area contributed by atoms with Gasteiger partial charge in [0.2, 0.25) is 10.0 Å². The van der Waals surface area contributed by atoms with Gasteiger partial charge in [-0.05, 0) is 30.9 Å². The van der Waals surface area contributed by atoms with E-state index in [0.29, 0.717) is 25.5 Å². The first kappa shape index (κ1) is 15.2. The van der Waals surface area contributed by atoms with E-state index in [1.807, 2.05) is 0 Å². The third-order valence-electron chi connectivity index (χ3n) is 3.51. The lowest BCUT2D eigenvalue weighted by Crippen LogP contribution is -2.41. The fraction of sp³-hybridized carbons (Fsp3) is 0.615. The smallest absolute Gasteiger partial charge is 0.246 e. The quantitative estimate of drug-likeness (QED) is 0.883. The van der Waals surface area contributed by atoms with Crippen molar-refractivity contribution in [2.75, 3.05) is 39.2 Å². The number of anilines is 1. The van der Waals surface area contributed by atoms with Crippen molar-refractivity contribution in [3.8, 4) is 0 Å². The molecule has 0 spiro atoms. The number of piperidine rings is 1. The summed E-state index contributed by atoms with van der Waals surface area (Å²) < 4.78 is 32.1. The molecule has 0 saturated carbocycles. The van der Waals surface area contributed by atoms with Gasteiger partial charge in [0, 0.05) is 33.4 Å². The third-order valence-corrected chi connectivity index (χ3v) is 5.41. The van der Waals surface area contributed by atoms with Crippen LogP contribution in [0.4, 0.5) is 5.82 Å². The Hall–Kier alpha value is -1.18. The van der Waals surface area contributed by atoms with Crippen LogP contribution in [0.5, 0.6) is 0 Å². The van der Waals surface area contributed by atoms with Crippen LogP contribution in [0.15, 0.2) is 23.2 Å². The lowest BCUT2D eigenvalue weighted by molar-refractivity contribution is 0.118. The molecule has 0 radical (unpaired) electrons. The number of nitrogens with one attached hydrogen (secondary N) is 1. The van der Waals surface area contributed by atoms with Gasteiger partial charge in [0.1, 0.15) is 10.7 Å². The molecule has 1 unspecified atom stereocenters. The number of sulfonamides is 1. The van der Waals surface area contributed by atoms with Gasteiger partial charge in [0.25, 0.3) is 0 Å². The predicted molar refractivity (Wildman–Crippen MR) is 77.1 cm³/mol. The van der Waals surface area contributed by atoms with Crippen LogP contribution in [0, 0.1) is 5.92 Å². The van der Waals surface area contributed by atoms with Crippen LogP contribution in [0.3, 0.4) is 0 Å². The van der Waals surface area contributed by atoms with Crippen molar-refractivity contribution in [3.63, 3.8) is 0 Å². The van der Waals surface area contributed by atoms with Gasteiger partial charge < -0.3 is 10.1 Å². The van der Waals surface area contributed by atoms with Gasteiger partial charge in [-0.25, -0.2) is 13.4 Å². The highest BCUT2D eigenvalue weighted by Gasteiger charge is 2.31. The normalized spacial score (nSPS) is 20.8. The summed E-state index contributed by atoms with van der Waals surface area (Å²) in [7, 11) is -0.185. The van der Waals surface area contributed by atoms with Crippen LogP contribution in [0.1, 0.15) is 12.8 Å². The van der Waals surface area contributed by atoms with Gasteiger partial charge in [0.05, 0.1) is 6.61 Å². The molecule has 1 atom stereocenters. The molecule has 1 saturated heterocycles. The second-order valence-corrected chi connectivity index (χ2v) is 6.83. The molecule has 2 heterocycles. The van der Waals surface area contributed by atoms with Crippen LogP contribution in [0.2, 0.25) is 0 Å². The first-order valence-electron chi connectivity index (χ1n) is 6.71. The minimum Gasteiger partial charge on any atom is -0.384 e. The number of nitrogens with zero attached hydrogens (tertiary/aromatic N) is 2. The molecule has 0 bridgehead atoms. The maximum atomic E-state index is 12.7. The van der Waals surface area contributed by atoms with Crippen molar-refractivity contribution < 1.29 is 13.2 Å². The molecule has 1 fully saturated rings. The summed E-state index contributed by atoms with van der Waals surface area (Å²) in [6.45, 7) is 1.66. The van der Waals surface area contributed by atoms with E-state index in [0.717, 1.165) is 12.8 Å². The second-order valence-electron chi connectivity index (χ2n) is 4.93. The molecule has 1 aromatic heterocycles. The maximum absolute atomic E-state index is 12.7. The first-order chi connectivity index (χ1) is 9.59. The summed E-state index contributed by atoms with van der Waals surface area (Å²) in [5, 5.41) is 2.84. The summed E-state index contributed by atoms with van der Waals surface area (Å²) in [4.78, 5) is 4.31. The minimum atomic E-state index is -3.50. The predicted octanol–water partition coefficient (Wildman–Crippen LogP) is 1.17. The molecule has 112 valence electrons. The number of hydrogen-bond acceptors (Lipinski definition) is 5. The zero-order chi connectivity index (χ0) is 14.6. The Morgan fingerprint density at radius 3 is 3.05 bits per heavy atom. The lowest BCUT2D eigenvalue weighted by Gasteiger charge is -2.31. The van der Waals surface area contributed by atoms with Crippen molar-refractivity contribution in [2.24, 2.45) is 5.92 Å². The van der Waals surface area contributed by atoms with Gasteiger partial charge in [0.15, 0.2) is 0 Å². The molecule has 20 heavy (non-hydrogen) atoms. The fourth-order valence-electron chi connectivity index (χ4n) is 2.54. The number of ether oxygens (including phenoxy) is 1. The average molecular weight is 299 g/mol. The Labute approximate surface area is 120 Å². The van der Waals surface area contributed by atoms with Crippen molar-refractivity contribution in [1.29, 1.82) is 0 Å². The first-order valence-corrected chi connectivity index (χ1v) is 8.15. The monoisotopic (exact) mass is 299 g/mol. The molecule has 0 amide bonds. The number of rotatable bonds is 5. The molecule has 7 heteroatoms. The summed E-state index contributed by atoms with van der Waals surface area (Å²) in [6, 6.07) is 3.23. The number of methoxy groups -OCH3 is 1. The zero-order valence-electron chi connectivity index (χ0n) is 11.9. The highest BCUT2D eigenvalue weighted by atomic mass is 32.2. The molecule has 1 aromatic rings. The molecule has 0 aliphatic carbocycles. The van der Waals surface area contributed by atoms with Gasteiger partial charge >= 0.3 is 0 Å². The van der Waals surface area contributed by atoms with E-state index in [2.05, 4.69) is 10.3 Å². The lowest BCUT2D eigenvalue weighted by atomic mass is 10.0. The number of aromatic nitrogens is 1. The van der Waals surface area contributed by atoms with Crippen LogP contribution in [0.25, 0.3) is 0 Å². The molecule has 0 aromatic carbocycles. The van der Waals surface area contributed by atoms with E-state index in [-0.39, 0.29) is 10.8 Å². The fourth-order valence-corrected chi connectivity index (χ4v) is 4.25. The number of pyridine rings is 1. The van der Waals surface area contributed by atoms with Crippen LogP contribution < -0.4 is 5.32 Å². The van der Waals surface area contributed by atoms with E-state index in [9.17, 15) is 8.42 Å². The molecular weight excluding hydrogens is 278 g/mol. The number of hydrogen-bond donors (Lipinski definition) is 1.